The van der Waals surface area contributed by atoms with Gasteiger partial charge in [0.05, 0.1) is 0 Å². The summed E-state index contributed by atoms with van der Waals surface area (Å²) in [6, 6.07) is 0. The smallest absolute Gasteiger partial charge is 0.303 e. The predicted octanol–water partition coefficient (Wildman–Crippen LogP) is 1.59. The second kappa shape index (κ2) is 8.49. The Labute approximate surface area is 151 Å². The molecule has 3 rings (SSSR count). The second-order valence-electron chi connectivity index (χ2n) is 7.92. The highest BCUT2D eigenvalue weighted by Gasteiger charge is 2.26. The molecule has 0 saturated carbocycles. The van der Waals surface area contributed by atoms with Gasteiger partial charge >= 0.3 is 5.69 Å². The maximum absolute atomic E-state index is 12.0. The number of aromatic nitrogens is 3. The third-order valence-corrected chi connectivity index (χ3v) is 6.15. The van der Waals surface area contributed by atoms with Crippen molar-refractivity contribution in [2.75, 3.05) is 39.3 Å². The van der Waals surface area contributed by atoms with E-state index in [0.29, 0.717) is 5.92 Å². The van der Waals surface area contributed by atoms with Crippen LogP contribution in [0.4, 0.5) is 0 Å². The van der Waals surface area contributed by atoms with Crippen molar-refractivity contribution in [2.45, 2.75) is 52.5 Å². The van der Waals surface area contributed by atoms with Crippen LogP contribution in [0.1, 0.15) is 45.4 Å². The number of hydrogen-bond acceptors (Lipinski definition) is 4. The molecule has 0 spiro atoms. The van der Waals surface area contributed by atoms with E-state index >= 15 is 0 Å². The van der Waals surface area contributed by atoms with Crippen molar-refractivity contribution < 1.29 is 0 Å². The Balaban J connectivity index is 1.47. The Morgan fingerprint density at radius 2 is 1.76 bits per heavy atom. The number of aryl methyl sites for hydroxylation is 1. The summed E-state index contributed by atoms with van der Waals surface area (Å²) in [4.78, 5) is 17.3. The summed E-state index contributed by atoms with van der Waals surface area (Å²) in [6.07, 6.45) is 6.18. The Kier molecular flexibility index (Phi) is 6.34. The third kappa shape index (κ3) is 4.53. The molecule has 142 valence electrons. The molecule has 2 aliphatic rings. The predicted molar refractivity (Wildman–Crippen MR) is 101 cm³/mol. The molecule has 0 unspecified atom stereocenters. The van der Waals surface area contributed by atoms with E-state index in [4.69, 9.17) is 0 Å². The average Bonchev–Trinajstić information content (AvgIpc) is 2.90. The molecule has 2 fully saturated rings. The molecule has 2 aliphatic heterocycles. The lowest BCUT2D eigenvalue weighted by Gasteiger charge is -2.38. The first-order valence-electron chi connectivity index (χ1n) is 10.2. The summed E-state index contributed by atoms with van der Waals surface area (Å²) in [6.45, 7) is 12.5. The lowest BCUT2D eigenvalue weighted by Crippen LogP contribution is -2.43. The molecule has 3 heterocycles. The van der Waals surface area contributed by atoms with E-state index in [1.165, 1.54) is 69.6 Å². The standard InChI is InChI=1S/C19H35N5O/c1-4-22-10-6-7-17(14-22)15-23-11-8-16(9-12-23)13-18-20-21(3)19(25)24(18)5-2/h16-17H,4-15H2,1-3H3/t17-/m1/s1. The zero-order chi connectivity index (χ0) is 17.8. The minimum Gasteiger partial charge on any atom is -0.303 e. The highest BCUT2D eigenvalue weighted by atomic mass is 16.2. The lowest BCUT2D eigenvalue weighted by molar-refractivity contribution is 0.112. The highest BCUT2D eigenvalue weighted by molar-refractivity contribution is 4.91. The van der Waals surface area contributed by atoms with Crippen LogP contribution in [0.3, 0.4) is 0 Å². The van der Waals surface area contributed by atoms with Gasteiger partial charge in [0, 0.05) is 33.1 Å². The summed E-state index contributed by atoms with van der Waals surface area (Å²) in [5.74, 6) is 2.49. The van der Waals surface area contributed by atoms with Crippen molar-refractivity contribution >= 4 is 0 Å². The Morgan fingerprint density at radius 3 is 2.44 bits per heavy atom. The van der Waals surface area contributed by atoms with Crippen molar-refractivity contribution in [3.05, 3.63) is 16.3 Å². The average molecular weight is 350 g/mol. The molecule has 0 radical (unpaired) electrons. The molecule has 0 bridgehead atoms. The fraction of sp³-hybridized carbons (Fsp3) is 0.895. The summed E-state index contributed by atoms with van der Waals surface area (Å²) in [5.41, 5.74) is 0.0210. The molecule has 0 aromatic carbocycles. The summed E-state index contributed by atoms with van der Waals surface area (Å²) >= 11 is 0. The van der Waals surface area contributed by atoms with Crippen LogP contribution in [-0.4, -0.2) is 63.4 Å². The van der Waals surface area contributed by atoms with Gasteiger partial charge in [0.2, 0.25) is 0 Å². The quantitative estimate of drug-likeness (QED) is 0.782. The molecule has 0 amide bonds. The van der Waals surface area contributed by atoms with Crippen molar-refractivity contribution in [1.29, 1.82) is 0 Å². The van der Waals surface area contributed by atoms with Crippen molar-refractivity contribution in [1.82, 2.24) is 24.1 Å². The minimum atomic E-state index is 0.0210. The van der Waals surface area contributed by atoms with E-state index in [2.05, 4.69) is 21.8 Å². The summed E-state index contributed by atoms with van der Waals surface area (Å²) in [7, 11) is 1.75. The van der Waals surface area contributed by atoms with Gasteiger partial charge in [-0.05, 0) is 70.6 Å². The number of piperidine rings is 2. The van der Waals surface area contributed by atoms with Crippen LogP contribution in [0.15, 0.2) is 4.79 Å². The van der Waals surface area contributed by atoms with Crippen LogP contribution in [0.25, 0.3) is 0 Å². The van der Waals surface area contributed by atoms with Gasteiger partial charge in [-0.2, -0.15) is 5.10 Å². The fourth-order valence-corrected chi connectivity index (χ4v) is 4.61. The molecule has 1 aromatic rings. The normalized spacial score (nSPS) is 24.0. The lowest BCUT2D eigenvalue weighted by atomic mass is 9.91. The van der Waals surface area contributed by atoms with E-state index in [-0.39, 0.29) is 5.69 Å². The molecule has 0 aliphatic carbocycles. The Bertz CT molecular complexity index is 599. The molecule has 1 aromatic heterocycles. The molecule has 25 heavy (non-hydrogen) atoms. The van der Waals surface area contributed by atoms with Crippen LogP contribution in [0.2, 0.25) is 0 Å². The SMILES string of the molecule is CCN1CCC[C@@H](CN2CCC(Cc3nn(C)c(=O)n3CC)CC2)C1. The van der Waals surface area contributed by atoms with Crippen LogP contribution in [-0.2, 0) is 20.0 Å². The summed E-state index contributed by atoms with van der Waals surface area (Å²) in [5, 5.41) is 4.45. The van der Waals surface area contributed by atoms with Gasteiger partial charge in [0.1, 0.15) is 5.82 Å². The van der Waals surface area contributed by atoms with Crippen molar-refractivity contribution in [3.63, 3.8) is 0 Å². The molecule has 6 nitrogen and oxygen atoms in total. The zero-order valence-electron chi connectivity index (χ0n) is 16.3. The molecular weight excluding hydrogens is 314 g/mol. The van der Waals surface area contributed by atoms with E-state index in [9.17, 15) is 4.79 Å². The van der Waals surface area contributed by atoms with Crippen LogP contribution in [0.5, 0.6) is 0 Å². The van der Waals surface area contributed by atoms with Crippen LogP contribution < -0.4 is 5.69 Å². The minimum absolute atomic E-state index is 0.0210. The van der Waals surface area contributed by atoms with Gasteiger partial charge in [-0.25, -0.2) is 9.48 Å². The van der Waals surface area contributed by atoms with E-state index in [1.54, 1.807) is 7.05 Å². The van der Waals surface area contributed by atoms with Gasteiger partial charge in [-0.1, -0.05) is 6.92 Å². The maximum atomic E-state index is 12.0. The monoisotopic (exact) mass is 349 g/mol. The topological polar surface area (TPSA) is 46.3 Å². The second-order valence-corrected chi connectivity index (χ2v) is 7.92. The maximum Gasteiger partial charge on any atom is 0.345 e. The molecule has 0 N–H and O–H groups in total. The van der Waals surface area contributed by atoms with Gasteiger partial charge in [-0.3, -0.25) is 4.57 Å². The van der Waals surface area contributed by atoms with Gasteiger partial charge in [0.25, 0.3) is 0 Å². The molecule has 1 atom stereocenters. The first-order valence-corrected chi connectivity index (χ1v) is 10.2. The molecule has 2 saturated heterocycles. The van der Waals surface area contributed by atoms with Gasteiger partial charge in [-0.15, -0.1) is 0 Å². The number of likely N-dealkylation sites (tertiary alicyclic amines) is 2. The first-order chi connectivity index (χ1) is 12.1. The van der Waals surface area contributed by atoms with Gasteiger partial charge < -0.3 is 9.80 Å². The molecule has 6 heteroatoms. The van der Waals surface area contributed by atoms with Gasteiger partial charge in [0.15, 0.2) is 0 Å². The number of hydrogen-bond donors (Lipinski definition) is 0. The van der Waals surface area contributed by atoms with Crippen molar-refractivity contribution in [3.8, 4) is 0 Å². The first kappa shape index (κ1) is 18.6. The zero-order valence-corrected chi connectivity index (χ0v) is 16.3. The third-order valence-electron chi connectivity index (χ3n) is 6.15. The van der Waals surface area contributed by atoms with Crippen LogP contribution in [0, 0.1) is 11.8 Å². The molecular formula is C19H35N5O. The fourth-order valence-electron chi connectivity index (χ4n) is 4.61. The summed E-state index contributed by atoms with van der Waals surface area (Å²) < 4.78 is 3.31. The Hall–Kier alpha value is -1.14. The largest absolute Gasteiger partial charge is 0.345 e. The van der Waals surface area contributed by atoms with Crippen molar-refractivity contribution in [2.24, 2.45) is 18.9 Å². The number of nitrogens with zero attached hydrogens (tertiary/aromatic N) is 5. The highest BCUT2D eigenvalue weighted by Crippen LogP contribution is 2.24. The number of rotatable bonds is 6. The van der Waals surface area contributed by atoms with Crippen LogP contribution >= 0.6 is 0 Å². The van der Waals surface area contributed by atoms with E-state index in [0.717, 1.165) is 24.7 Å². The van der Waals surface area contributed by atoms with E-state index < -0.39 is 0 Å². The van der Waals surface area contributed by atoms with E-state index in [1.807, 2.05) is 11.5 Å². The Morgan fingerprint density at radius 1 is 1.00 bits per heavy atom.